The number of hydrogen-bond donors (Lipinski definition) is 2. The number of rotatable bonds is 4. The molecule has 2 aromatic rings. The molecule has 0 saturated carbocycles. The van der Waals surface area contributed by atoms with Gasteiger partial charge in [-0.2, -0.15) is 0 Å². The van der Waals surface area contributed by atoms with Gasteiger partial charge in [-0.1, -0.05) is 18.2 Å². The van der Waals surface area contributed by atoms with Crippen LogP contribution in [0, 0.1) is 12.8 Å². The average molecular weight is 312 g/mol. The molecule has 0 radical (unpaired) electrons. The summed E-state index contributed by atoms with van der Waals surface area (Å²) >= 11 is 0. The molecular formula is C18H24N4O. The number of piperidine rings is 1. The second kappa shape index (κ2) is 6.96. The van der Waals surface area contributed by atoms with Crippen LogP contribution in [0.2, 0.25) is 0 Å². The number of carbonyl (C=O) groups excluding carboxylic acids is 1. The first-order chi connectivity index (χ1) is 11.2. The number of carbonyl (C=O) groups is 1. The Labute approximate surface area is 136 Å². The lowest BCUT2D eigenvalue weighted by atomic mass is 9.96. The molecule has 0 aliphatic carbocycles. The molecule has 0 bridgehead atoms. The monoisotopic (exact) mass is 312 g/mol. The molecule has 122 valence electrons. The van der Waals surface area contributed by atoms with E-state index in [2.05, 4.69) is 27.3 Å². The summed E-state index contributed by atoms with van der Waals surface area (Å²) in [5.41, 5.74) is 8.68. The molecule has 2 heterocycles. The van der Waals surface area contributed by atoms with Gasteiger partial charge in [-0.05, 0) is 31.9 Å². The summed E-state index contributed by atoms with van der Waals surface area (Å²) in [7, 11) is 0. The van der Waals surface area contributed by atoms with Crippen molar-refractivity contribution in [2.24, 2.45) is 11.7 Å². The maximum Gasteiger partial charge on any atom is 0.224 e. The van der Waals surface area contributed by atoms with Crippen LogP contribution in [-0.4, -0.2) is 37.1 Å². The number of pyridine rings is 1. The van der Waals surface area contributed by atoms with Crippen molar-refractivity contribution in [3.8, 4) is 0 Å². The number of nitrogens with two attached hydrogens (primary N) is 1. The van der Waals surface area contributed by atoms with E-state index in [4.69, 9.17) is 5.73 Å². The second-order valence-electron chi connectivity index (χ2n) is 6.16. The van der Waals surface area contributed by atoms with Gasteiger partial charge < -0.3 is 16.0 Å². The second-order valence-corrected chi connectivity index (χ2v) is 6.16. The van der Waals surface area contributed by atoms with E-state index < -0.39 is 0 Å². The van der Waals surface area contributed by atoms with Gasteiger partial charge in [0.25, 0.3) is 0 Å². The Balaban J connectivity index is 1.85. The van der Waals surface area contributed by atoms with Crippen LogP contribution in [0.4, 0.5) is 5.69 Å². The quantitative estimate of drug-likeness (QED) is 0.903. The summed E-state index contributed by atoms with van der Waals surface area (Å²) in [5, 5.41) is 4.07. The molecule has 5 nitrogen and oxygen atoms in total. The highest BCUT2D eigenvalue weighted by molar-refractivity contribution is 5.92. The van der Waals surface area contributed by atoms with E-state index in [-0.39, 0.29) is 11.8 Å². The van der Waals surface area contributed by atoms with E-state index in [0.29, 0.717) is 13.1 Å². The maximum atomic E-state index is 12.3. The molecule has 3 rings (SSSR count). The minimum absolute atomic E-state index is 0.0301. The van der Waals surface area contributed by atoms with Gasteiger partial charge >= 0.3 is 0 Å². The van der Waals surface area contributed by atoms with Crippen LogP contribution in [0.3, 0.4) is 0 Å². The molecule has 1 amide bonds. The van der Waals surface area contributed by atoms with Gasteiger partial charge in [0.15, 0.2) is 0 Å². The number of para-hydroxylation sites is 1. The van der Waals surface area contributed by atoms with Gasteiger partial charge in [0, 0.05) is 42.9 Å². The van der Waals surface area contributed by atoms with Gasteiger partial charge in [0.2, 0.25) is 5.91 Å². The Morgan fingerprint density at radius 2 is 2.26 bits per heavy atom. The molecule has 5 heteroatoms. The first-order valence-electron chi connectivity index (χ1n) is 8.28. The number of aryl methyl sites for hydroxylation is 1. The fourth-order valence-corrected chi connectivity index (χ4v) is 3.30. The Kier molecular flexibility index (Phi) is 4.76. The number of fused-ring (bicyclic) bond motifs is 1. The largest absolute Gasteiger partial charge is 0.370 e. The molecule has 1 fully saturated rings. The minimum Gasteiger partial charge on any atom is -0.370 e. The highest BCUT2D eigenvalue weighted by Crippen LogP contribution is 2.30. The van der Waals surface area contributed by atoms with Crippen molar-refractivity contribution >= 4 is 22.5 Å². The van der Waals surface area contributed by atoms with Crippen molar-refractivity contribution in [3.05, 3.63) is 36.0 Å². The highest BCUT2D eigenvalue weighted by atomic mass is 16.1. The number of benzene rings is 1. The summed E-state index contributed by atoms with van der Waals surface area (Å²) in [6, 6.07) is 10.3. The summed E-state index contributed by atoms with van der Waals surface area (Å²) in [6.45, 7) is 4.78. The Morgan fingerprint density at radius 3 is 3.09 bits per heavy atom. The van der Waals surface area contributed by atoms with Crippen LogP contribution in [0.5, 0.6) is 0 Å². The molecule has 1 aliphatic rings. The number of nitrogens with zero attached hydrogens (tertiary/aromatic N) is 2. The summed E-state index contributed by atoms with van der Waals surface area (Å²) in [6.07, 6.45) is 1.96. The number of anilines is 1. The highest BCUT2D eigenvalue weighted by Gasteiger charge is 2.26. The van der Waals surface area contributed by atoms with E-state index in [1.54, 1.807) is 0 Å². The van der Waals surface area contributed by atoms with Crippen LogP contribution in [0.25, 0.3) is 10.9 Å². The Morgan fingerprint density at radius 1 is 1.43 bits per heavy atom. The van der Waals surface area contributed by atoms with Gasteiger partial charge in [0.05, 0.1) is 11.4 Å². The topological polar surface area (TPSA) is 71.2 Å². The average Bonchev–Trinajstić information content (AvgIpc) is 2.59. The SMILES string of the molecule is Cc1cc(N2CCCC(C(=O)NCCN)C2)c2ccccc2n1. The third kappa shape index (κ3) is 3.45. The fraction of sp³-hybridized carbons (Fsp3) is 0.444. The molecule has 1 aromatic heterocycles. The predicted octanol–water partition coefficient (Wildman–Crippen LogP) is 1.83. The van der Waals surface area contributed by atoms with Gasteiger partial charge in [-0.25, -0.2) is 0 Å². The standard InChI is InChI=1S/C18H24N4O/c1-13-11-17(15-6-2-3-7-16(15)21-13)22-10-4-5-14(12-22)18(23)20-9-8-19/h2-3,6-7,11,14H,4-5,8-10,12,19H2,1H3,(H,20,23). The van der Waals surface area contributed by atoms with Crippen LogP contribution < -0.4 is 16.0 Å². The van der Waals surface area contributed by atoms with E-state index in [9.17, 15) is 4.79 Å². The van der Waals surface area contributed by atoms with Gasteiger partial charge in [-0.3, -0.25) is 9.78 Å². The lowest BCUT2D eigenvalue weighted by molar-refractivity contribution is -0.125. The molecule has 3 N–H and O–H groups in total. The maximum absolute atomic E-state index is 12.3. The number of aromatic nitrogens is 1. The summed E-state index contributed by atoms with van der Waals surface area (Å²) in [4.78, 5) is 19.2. The molecule has 1 atom stereocenters. The third-order valence-electron chi connectivity index (χ3n) is 4.40. The van der Waals surface area contributed by atoms with Crippen LogP contribution in [-0.2, 0) is 4.79 Å². The van der Waals surface area contributed by atoms with Crippen molar-refractivity contribution < 1.29 is 4.79 Å². The Hall–Kier alpha value is -2.14. The molecule has 1 aliphatic heterocycles. The zero-order valence-corrected chi connectivity index (χ0v) is 13.6. The molecule has 0 spiro atoms. The minimum atomic E-state index is 0.0301. The van der Waals surface area contributed by atoms with Crippen molar-refractivity contribution in [1.29, 1.82) is 0 Å². The number of hydrogen-bond acceptors (Lipinski definition) is 4. The zero-order valence-electron chi connectivity index (χ0n) is 13.6. The fourth-order valence-electron chi connectivity index (χ4n) is 3.30. The van der Waals surface area contributed by atoms with E-state index in [0.717, 1.165) is 42.5 Å². The zero-order chi connectivity index (χ0) is 16.2. The summed E-state index contributed by atoms with van der Waals surface area (Å²) in [5.74, 6) is 0.151. The lowest BCUT2D eigenvalue weighted by Gasteiger charge is -2.34. The van der Waals surface area contributed by atoms with Gasteiger partial charge in [-0.15, -0.1) is 0 Å². The molecule has 1 aromatic carbocycles. The molecule has 23 heavy (non-hydrogen) atoms. The van der Waals surface area contributed by atoms with Gasteiger partial charge in [0.1, 0.15) is 0 Å². The number of amides is 1. The van der Waals surface area contributed by atoms with Crippen molar-refractivity contribution in [3.63, 3.8) is 0 Å². The first-order valence-corrected chi connectivity index (χ1v) is 8.28. The lowest BCUT2D eigenvalue weighted by Crippen LogP contribution is -2.44. The molecule has 1 saturated heterocycles. The summed E-state index contributed by atoms with van der Waals surface area (Å²) < 4.78 is 0. The third-order valence-corrected chi connectivity index (χ3v) is 4.40. The van der Waals surface area contributed by atoms with Crippen LogP contribution >= 0.6 is 0 Å². The molecular weight excluding hydrogens is 288 g/mol. The van der Waals surface area contributed by atoms with Crippen molar-refractivity contribution in [2.45, 2.75) is 19.8 Å². The van der Waals surface area contributed by atoms with Crippen LogP contribution in [0.1, 0.15) is 18.5 Å². The predicted molar refractivity (Wildman–Crippen MR) is 93.5 cm³/mol. The normalized spacial score (nSPS) is 18.2. The van der Waals surface area contributed by atoms with Crippen LogP contribution in [0.15, 0.2) is 30.3 Å². The van der Waals surface area contributed by atoms with Crippen molar-refractivity contribution in [2.75, 3.05) is 31.1 Å². The smallest absolute Gasteiger partial charge is 0.224 e. The van der Waals surface area contributed by atoms with E-state index in [1.165, 1.54) is 5.69 Å². The van der Waals surface area contributed by atoms with E-state index in [1.807, 2.05) is 25.1 Å². The van der Waals surface area contributed by atoms with E-state index >= 15 is 0 Å². The Bertz CT molecular complexity index is 700. The number of nitrogens with one attached hydrogen (secondary N) is 1. The molecule has 1 unspecified atom stereocenters. The first kappa shape index (κ1) is 15.7. The van der Waals surface area contributed by atoms with Crippen molar-refractivity contribution in [1.82, 2.24) is 10.3 Å².